The number of aryl methyl sites for hydroxylation is 2. The van der Waals surface area contributed by atoms with Crippen molar-refractivity contribution in [2.45, 2.75) is 39.5 Å². The zero-order valence-corrected chi connectivity index (χ0v) is 18.8. The van der Waals surface area contributed by atoms with Crippen molar-refractivity contribution in [2.24, 2.45) is 16.6 Å². The molecule has 1 aliphatic heterocycles. The van der Waals surface area contributed by atoms with Crippen LogP contribution < -0.4 is 11.1 Å². The van der Waals surface area contributed by atoms with Crippen molar-refractivity contribution in [1.29, 1.82) is 0 Å². The van der Waals surface area contributed by atoms with Gasteiger partial charge in [0.15, 0.2) is 5.96 Å². The third-order valence-electron chi connectivity index (χ3n) is 5.09. The number of ether oxygens (including phenoxy) is 1. The van der Waals surface area contributed by atoms with E-state index >= 15 is 0 Å². The molecule has 0 radical (unpaired) electrons. The zero-order chi connectivity index (χ0) is 18.1. The fourth-order valence-electron chi connectivity index (χ4n) is 3.41. The molecule has 0 amide bonds. The number of nitrogens with one attached hydrogen (secondary N) is 1. The van der Waals surface area contributed by atoms with Gasteiger partial charge in [0.25, 0.3) is 0 Å². The fourth-order valence-corrected chi connectivity index (χ4v) is 3.41. The van der Waals surface area contributed by atoms with Gasteiger partial charge in [-0.3, -0.25) is 4.99 Å². The monoisotopic (exact) mass is 474 g/mol. The van der Waals surface area contributed by atoms with E-state index in [0.717, 1.165) is 51.3 Å². The number of nitrogens with two attached hydrogens (primary N) is 1. The number of likely N-dealkylation sites (tertiary alicyclic amines) is 1. The maximum absolute atomic E-state index is 6.18. The Kier molecular flexibility index (Phi) is 11.2. The highest BCUT2D eigenvalue weighted by molar-refractivity contribution is 14.0. The standard InChI is InChI=1S/C20H34N4O.HI/c1-4-17-7-6-8-18(5-2)19(17)23-20(21)22-15-16-9-11-24(12-10-16)13-14-25-3;/h6-8,16H,4-5,9-15H2,1-3H3,(H3,21,22,23);1H. The molecule has 1 aliphatic rings. The molecule has 0 saturated carbocycles. The Hall–Kier alpha value is -0.860. The lowest BCUT2D eigenvalue weighted by Crippen LogP contribution is -2.37. The first-order valence-electron chi connectivity index (χ1n) is 9.56. The van der Waals surface area contributed by atoms with Gasteiger partial charge in [0.05, 0.1) is 6.61 Å². The van der Waals surface area contributed by atoms with Crippen LogP contribution in [0.3, 0.4) is 0 Å². The van der Waals surface area contributed by atoms with Gasteiger partial charge >= 0.3 is 0 Å². The van der Waals surface area contributed by atoms with E-state index in [1.165, 1.54) is 24.0 Å². The second-order valence-corrected chi connectivity index (χ2v) is 6.79. The number of guanidine groups is 1. The average molecular weight is 474 g/mol. The highest BCUT2D eigenvalue weighted by Crippen LogP contribution is 2.22. The van der Waals surface area contributed by atoms with Crippen LogP contribution >= 0.6 is 24.0 Å². The normalized spacial score (nSPS) is 16.3. The number of hydrogen-bond donors (Lipinski definition) is 2. The quantitative estimate of drug-likeness (QED) is 0.344. The van der Waals surface area contributed by atoms with E-state index in [-0.39, 0.29) is 24.0 Å². The molecular formula is C20H35IN4O. The van der Waals surface area contributed by atoms with Gasteiger partial charge in [-0.2, -0.15) is 0 Å². The number of nitrogens with zero attached hydrogens (tertiary/aromatic N) is 2. The number of hydrogen-bond acceptors (Lipinski definition) is 3. The topological polar surface area (TPSA) is 62.9 Å². The molecule has 1 fully saturated rings. The van der Waals surface area contributed by atoms with Gasteiger partial charge in [-0.25, -0.2) is 0 Å². The largest absolute Gasteiger partial charge is 0.383 e. The van der Waals surface area contributed by atoms with Crippen molar-refractivity contribution in [1.82, 2.24) is 4.90 Å². The molecule has 1 aromatic carbocycles. The number of aliphatic imine (C=N–C) groups is 1. The van der Waals surface area contributed by atoms with Gasteiger partial charge in [-0.15, -0.1) is 24.0 Å². The summed E-state index contributed by atoms with van der Waals surface area (Å²) in [5.41, 5.74) is 9.91. The lowest BCUT2D eigenvalue weighted by Gasteiger charge is -2.31. The second kappa shape index (κ2) is 12.5. The van der Waals surface area contributed by atoms with Gasteiger partial charge in [0.1, 0.15) is 0 Å². The molecule has 2 rings (SSSR count). The van der Waals surface area contributed by atoms with Crippen LogP contribution in [0.4, 0.5) is 5.69 Å². The summed E-state index contributed by atoms with van der Waals surface area (Å²) in [6.45, 7) is 9.27. The molecule has 6 heteroatoms. The van der Waals surface area contributed by atoms with Gasteiger partial charge < -0.3 is 20.7 Å². The summed E-state index contributed by atoms with van der Waals surface area (Å²) in [5, 5.41) is 3.36. The lowest BCUT2D eigenvalue weighted by atomic mass is 9.97. The van der Waals surface area contributed by atoms with E-state index in [1.807, 2.05) is 0 Å². The number of methoxy groups -OCH3 is 1. The van der Waals surface area contributed by atoms with E-state index < -0.39 is 0 Å². The molecule has 0 spiro atoms. The fraction of sp³-hybridized carbons (Fsp3) is 0.650. The minimum absolute atomic E-state index is 0. The van der Waals surface area contributed by atoms with E-state index in [4.69, 9.17) is 10.5 Å². The Morgan fingerprint density at radius 3 is 2.38 bits per heavy atom. The van der Waals surface area contributed by atoms with Crippen molar-refractivity contribution >= 4 is 35.6 Å². The summed E-state index contributed by atoms with van der Waals surface area (Å²) in [6.07, 6.45) is 4.35. The Bertz CT molecular complexity index is 534. The molecule has 26 heavy (non-hydrogen) atoms. The van der Waals surface area contributed by atoms with Gasteiger partial charge in [-0.05, 0) is 55.8 Å². The first-order chi connectivity index (χ1) is 12.2. The molecule has 1 aromatic rings. The zero-order valence-electron chi connectivity index (χ0n) is 16.5. The number of anilines is 1. The lowest BCUT2D eigenvalue weighted by molar-refractivity contribution is 0.121. The van der Waals surface area contributed by atoms with Crippen molar-refractivity contribution in [3.8, 4) is 0 Å². The van der Waals surface area contributed by atoms with Crippen LogP contribution in [0, 0.1) is 5.92 Å². The summed E-state index contributed by atoms with van der Waals surface area (Å²) in [4.78, 5) is 7.09. The van der Waals surface area contributed by atoms with Gasteiger partial charge in [0, 0.05) is 25.9 Å². The smallest absolute Gasteiger partial charge is 0.193 e. The van der Waals surface area contributed by atoms with Gasteiger partial charge in [-0.1, -0.05) is 32.0 Å². The Morgan fingerprint density at radius 1 is 1.23 bits per heavy atom. The summed E-state index contributed by atoms with van der Waals surface area (Å²) < 4.78 is 5.16. The average Bonchev–Trinajstić information content (AvgIpc) is 2.65. The molecular weight excluding hydrogens is 439 g/mol. The van der Waals surface area contributed by atoms with Crippen LogP contribution in [0.15, 0.2) is 23.2 Å². The molecule has 148 valence electrons. The summed E-state index contributed by atoms with van der Waals surface area (Å²) in [7, 11) is 1.76. The van der Waals surface area contributed by atoms with E-state index in [1.54, 1.807) is 7.11 Å². The van der Waals surface area contributed by atoms with E-state index in [2.05, 4.69) is 47.3 Å². The van der Waals surface area contributed by atoms with E-state index in [0.29, 0.717) is 11.9 Å². The number of halogens is 1. The summed E-state index contributed by atoms with van der Waals surface area (Å²) in [6, 6.07) is 6.43. The molecule has 0 atom stereocenters. The molecule has 5 nitrogen and oxygen atoms in total. The van der Waals surface area contributed by atoms with E-state index in [9.17, 15) is 0 Å². The predicted molar refractivity (Wildman–Crippen MR) is 122 cm³/mol. The SMILES string of the molecule is CCc1cccc(CC)c1NC(N)=NCC1CCN(CCOC)CC1.I. The third-order valence-corrected chi connectivity index (χ3v) is 5.09. The predicted octanol–water partition coefficient (Wildman–Crippen LogP) is 3.51. The van der Waals surface area contributed by atoms with Crippen molar-refractivity contribution in [2.75, 3.05) is 45.2 Å². The Morgan fingerprint density at radius 2 is 1.85 bits per heavy atom. The number of piperidine rings is 1. The minimum Gasteiger partial charge on any atom is -0.383 e. The maximum Gasteiger partial charge on any atom is 0.193 e. The summed E-state index contributed by atoms with van der Waals surface area (Å²) in [5.74, 6) is 1.17. The van der Waals surface area contributed by atoms with Crippen LogP contribution in [-0.2, 0) is 17.6 Å². The molecule has 0 unspecified atom stereocenters. The molecule has 0 bridgehead atoms. The molecule has 0 aliphatic carbocycles. The Labute approximate surface area is 175 Å². The first-order valence-corrected chi connectivity index (χ1v) is 9.56. The maximum atomic E-state index is 6.18. The third kappa shape index (κ3) is 7.04. The minimum atomic E-state index is 0. The molecule has 1 heterocycles. The molecule has 0 aromatic heterocycles. The van der Waals surface area contributed by atoms with Crippen LogP contribution in [0.25, 0.3) is 0 Å². The second-order valence-electron chi connectivity index (χ2n) is 6.79. The Balaban J connectivity index is 0.00000338. The van der Waals surface area contributed by atoms with Crippen molar-refractivity contribution < 1.29 is 4.74 Å². The molecule has 3 N–H and O–H groups in total. The van der Waals surface area contributed by atoms with Crippen molar-refractivity contribution in [3.63, 3.8) is 0 Å². The summed E-state index contributed by atoms with van der Waals surface area (Å²) >= 11 is 0. The van der Waals surface area contributed by atoms with Crippen LogP contribution in [-0.4, -0.2) is 50.8 Å². The van der Waals surface area contributed by atoms with Crippen LogP contribution in [0.1, 0.15) is 37.8 Å². The van der Waals surface area contributed by atoms with Gasteiger partial charge in [0.2, 0.25) is 0 Å². The van der Waals surface area contributed by atoms with Crippen molar-refractivity contribution in [3.05, 3.63) is 29.3 Å². The highest BCUT2D eigenvalue weighted by Gasteiger charge is 2.18. The molecule has 1 saturated heterocycles. The number of rotatable bonds is 8. The number of para-hydroxylation sites is 1. The first kappa shape index (κ1) is 23.2. The van der Waals surface area contributed by atoms with Crippen LogP contribution in [0.5, 0.6) is 0 Å². The van der Waals surface area contributed by atoms with Crippen LogP contribution in [0.2, 0.25) is 0 Å². The number of benzene rings is 1. The highest BCUT2D eigenvalue weighted by atomic mass is 127.